The largest absolute Gasteiger partial charge is 0.344 e. The molecule has 1 amide bonds. The van der Waals surface area contributed by atoms with Crippen LogP contribution in [0.15, 0.2) is 29.4 Å². The molecule has 1 atom stereocenters. The Kier molecular flexibility index (Phi) is 5.23. The van der Waals surface area contributed by atoms with Crippen molar-refractivity contribution in [3.05, 3.63) is 29.8 Å². The Morgan fingerprint density at radius 2 is 2.27 bits per heavy atom. The number of thioether (sulfide) groups is 1. The first-order valence-electron chi connectivity index (χ1n) is 6.87. The Hall–Kier alpha value is -2.26. The number of carbonyl (C=O) groups excluding carboxylic acids is 1. The lowest BCUT2D eigenvalue weighted by atomic mass is 10.1. The highest BCUT2D eigenvalue weighted by atomic mass is 32.2. The summed E-state index contributed by atoms with van der Waals surface area (Å²) in [5.41, 5.74) is 2.17. The SMILES string of the molecule is C#CCNC(=O)C(C)Sc1nnc(-c2cccc(C)c2)n1C. The van der Waals surface area contributed by atoms with Crippen molar-refractivity contribution in [2.75, 3.05) is 6.54 Å². The highest BCUT2D eigenvalue weighted by molar-refractivity contribution is 8.00. The van der Waals surface area contributed by atoms with Gasteiger partial charge in [-0.05, 0) is 19.9 Å². The van der Waals surface area contributed by atoms with E-state index in [9.17, 15) is 4.79 Å². The van der Waals surface area contributed by atoms with Crippen LogP contribution in [0, 0.1) is 19.3 Å². The highest BCUT2D eigenvalue weighted by Gasteiger charge is 2.18. The molecule has 0 radical (unpaired) electrons. The van der Waals surface area contributed by atoms with Crippen LogP contribution in [-0.2, 0) is 11.8 Å². The monoisotopic (exact) mass is 314 g/mol. The first kappa shape index (κ1) is 16.1. The second-order valence-corrected chi connectivity index (χ2v) is 6.22. The maximum Gasteiger partial charge on any atom is 0.234 e. The second-order valence-electron chi connectivity index (χ2n) is 4.92. The van der Waals surface area contributed by atoms with Crippen LogP contribution >= 0.6 is 11.8 Å². The number of amides is 1. The third-order valence-electron chi connectivity index (χ3n) is 3.13. The summed E-state index contributed by atoms with van der Waals surface area (Å²) in [6.07, 6.45) is 5.14. The molecule has 1 aromatic heterocycles. The van der Waals surface area contributed by atoms with E-state index < -0.39 is 0 Å². The Morgan fingerprint density at radius 1 is 1.50 bits per heavy atom. The van der Waals surface area contributed by atoms with E-state index in [0.717, 1.165) is 17.0 Å². The normalized spacial score (nSPS) is 11.7. The summed E-state index contributed by atoms with van der Waals surface area (Å²) >= 11 is 1.36. The van der Waals surface area contributed by atoms with Gasteiger partial charge in [-0.25, -0.2) is 0 Å². The number of nitrogens with zero attached hydrogens (tertiary/aromatic N) is 3. The molecular weight excluding hydrogens is 296 g/mol. The number of hydrogen-bond acceptors (Lipinski definition) is 4. The van der Waals surface area contributed by atoms with Gasteiger partial charge in [0.2, 0.25) is 5.91 Å². The smallest absolute Gasteiger partial charge is 0.234 e. The van der Waals surface area contributed by atoms with E-state index in [0.29, 0.717) is 5.16 Å². The summed E-state index contributed by atoms with van der Waals surface area (Å²) in [4.78, 5) is 11.9. The molecule has 1 heterocycles. The third-order valence-corrected chi connectivity index (χ3v) is 4.26. The zero-order valence-electron chi connectivity index (χ0n) is 12.8. The Labute approximate surface area is 134 Å². The number of terminal acetylenes is 1. The summed E-state index contributed by atoms with van der Waals surface area (Å²) < 4.78 is 1.89. The lowest BCUT2D eigenvalue weighted by Gasteiger charge is -2.10. The molecule has 0 fully saturated rings. The van der Waals surface area contributed by atoms with E-state index >= 15 is 0 Å². The number of benzene rings is 1. The zero-order chi connectivity index (χ0) is 16.1. The minimum absolute atomic E-state index is 0.108. The molecule has 114 valence electrons. The van der Waals surface area contributed by atoms with Crippen LogP contribution in [0.25, 0.3) is 11.4 Å². The van der Waals surface area contributed by atoms with E-state index in [1.54, 1.807) is 0 Å². The highest BCUT2D eigenvalue weighted by Crippen LogP contribution is 2.25. The first-order valence-corrected chi connectivity index (χ1v) is 7.75. The lowest BCUT2D eigenvalue weighted by Crippen LogP contribution is -2.31. The van der Waals surface area contributed by atoms with Crippen molar-refractivity contribution in [1.29, 1.82) is 0 Å². The summed E-state index contributed by atoms with van der Waals surface area (Å²) in [7, 11) is 1.89. The number of hydrogen-bond donors (Lipinski definition) is 1. The van der Waals surface area contributed by atoms with Crippen LogP contribution in [0.1, 0.15) is 12.5 Å². The third kappa shape index (κ3) is 3.68. The molecule has 2 aromatic rings. The Balaban J connectivity index is 2.15. The topological polar surface area (TPSA) is 59.8 Å². The number of rotatable bonds is 5. The van der Waals surface area contributed by atoms with Gasteiger partial charge in [-0.3, -0.25) is 4.79 Å². The van der Waals surface area contributed by atoms with E-state index in [2.05, 4.69) is 27.5 Å². The lowest BCUT2D eigenvalue weighted by molar-refractivity contribution is -0.120. The minimum Gasteiger partial charge on any atom is -0.344 e. The number of aryl methyl sites for hydroxylation is 1. The molecule has 0 saturated heterocycles. The average molecular weight is 314 g/mol. The van der Waals surface area contributed by atoms with Gasteiger partial charge in [0.1, 0.15) is 0 Å². The van der Waals surface area contributed by atoms with Crippen molar-refractivity contribution < 1.29 is 4.79 Å². The Morgan fingerprint density at radius 3 is 2.95 bits per heavy atom. The molecule has 1 N–H and O–H groups in total. The fraction of sp³-hybridized carbons (Fsp3) is 0.312. The van der Waals surface area contributed by atoms with Crippen LogP contribution in [0.3, 0.4) is 0 Å². The predicted octanol–water partition coefficient (Wildman–Crippen LogP) is 2.02. The molecule has 1 unspecified atom stereocenters. The standard InChI is InChI=1S/C16H18N4OS/c1-5-9-17-15(21)12(3)22-16-19-18-14(20(16)4)13-8-6-7-11(2)10-13/h1,6-8,10,12H,9H2,2-4H3,(H,17,21). The van der Waals surface area contributed by atoms with E-state index in [-0.39, 0.29) is 17.7 Å². The van der Waals surface area contributed by atoms with Gasteiger partial charge in [-0.2, -0.15) is 0 Å². The van der Waals surface area contributed by atoms with Gasteiger partial charge in [0.05, 0.1) is 11.8 Å². The van der Waals surface area contributed by atoms with E-state index in [1.807, 2.05) is 43.7 Å². The van der Waals surface area contributed by atoms with Gasteiger partial charge in [0, 0.05) is 12.6 Å². The van der Waals surface area contributed by atoms with Crippen molar-refractivity contribution in [2.24, 2.45) is 7.05 Å². The summed E-state index contributed by atoms with van der Waals surface area (Å²) in [5.74, 6) is 3.06. The summed E-state index contributed by atoms with van der Waals surface area (Å²) in [6, 6.07) is 8.07. The molecule has 2 rings (SSSR count). The number of carbonyl (C=O) groups is 1. The van der Waals surface area contributed by atoms with Crippen molar-refractivity contribution in [2.45, 2.75) is 24.3 Å². The van der Waals surface area contributed by atoms with Gasteiger partial charge in [-0.1, -0.05) is 41.4 Å². The quantitative estimate of drug-likeness (QED) is 0.677. The van der Waals surface area contributed by atoms with Crippen LogP contribution < -0.4 is 5.32 Å². The molecule has 5 nitrogen and oxygen atoms in total. The molecule has 0 spiro atoms. The molecule has 0 aliphatic heterocycles. The molecule has 0 aliphatic carbocycles. The van der Waals surface area contributed by atoms with Crippen LogP contribution in [0.5, 0.6) is 0 Å². The Bertz CT molecular complexity index is 717. The van der Waals surface area contributed by atoms with E-state index in [1.165, 1.54) is 11.8 Å². The van der Waals surface area contributed by atoms with Crippen LogP contribution in [0.4, 0.5) is 0 Å². The van der Waals surface area contributed by atoms with Crippen LogP contribution in [0.2, 0.25) is 0 Å². The van der Waals surface area contributed by atoms with Gasteiger partial charge < -0.3 is 9.88 Å². The molecule has 0 aliphatic rings. The molecule has 22 heavy (non-hydrogen) atoms. The summed E-state index contributed by atoms with van der Waals surface area (Å²) in [6.45, 7) is 4.09. The van der Waals surface area contributed by atoms with Gasteiger partial charge in [-0.15, -0.1) is 16.6 Å². The fourth-order valence-electron chi connectivity index (χ4n) is 1.95. The first-order chi connectivity index (χ1) is 10.5. The van der Waals surface area contributed by atoms with Gasteiger partial charge >= 0.3 is 0 Å². The molecule has 0 bridgehead atoms. The van der Waals surface area contributed by atoms with Gasteiger partial charge in [0.15, 0.2) is 11.0 Å². The average Bonchev–Trinajstić information content (AvgIpc) is 2.86. The van der Waals surface area contributed by atoms with Crippen molar-refractivity contribution in [3.8, 4) is 23.7 Å². The van der Waals surface area contributed by atoms with Crippen LogP contribution in [-0.4, -0.2) is 32.5 Å². The fourth-order valence-corrected chi connectivity index (χ4v) is 2.79. The number of nitrogens with one attached hydrogen (secondary N) is 1. The van der Waals surface area contributed by atoms with E-state index in [4.69, 9.17) is 6.42 Å². The summed E-state index contributed by atoms with van der Waals surface area (Å²) in [5, 5.41) is 11.5. The zero-order valence-corrected chi connectivity index (χ0v) is 13.6. The van der Waals surface area contributed by atoms with Crippen molar-refractivity contribution >= 4 is 17.7 Å². The maximum absolute atomic E-state index is 11.9. The molecule has 0 saturated carbocycles. The molecular formula is C16H18N4OS. The predicted molar refractivity (Wildman–Crippen MR) is 88.3 cm³/mol. The van der Waals surface area contributed by atoms with Gasteiger partial charge in [0.25, 0.3) is 0 Å². The molecule has 6 heteroatoms. The maximum atomic E-state index is 11.9. The van der Waals surface area contributed by atoms with Crippen molar-refractivity contribution in [1.82, 2.24) is 20.1 Å². The minimum atomic E-state index is -0.290. The number of aromatic nitrogens is 3. The second kappa shape index (κ2) is 7.14. The molecule has 1 aromatic carbocycles. The van der Waals surface area contributed by atoms with Crippen molar-refractivity contribution in [3.63, 3.8) is 0 Å².